The van der Waals surface area contributed by atoms with E-state index in [0.29, 0.717) is 28.5 Å². The van der Waals surface area contributed by atoms with Crippen molar-refractivity contribution in [2.24, 2.45) is 0 Å². The number of rotatable bonds is 9. The molecule has 0 saturated carbocycles. The van der Waals surface area contributed by atoms with E-state index in [2.05, 4.69) is 4.90 Å². The number of allylic oxidation sites excluding steroid dienone is 1. The summed E-state index contributed by atoms with van der Waals surface area (Å²) in [6.45, 7) is 5.09. The van der Waals surface area contributed by atoms with Crippen molar-refractivity contribution in [1.82, 2.24) is 4.90 Å². The Balaban J connectivity index is 1.50. The molecule has 1 aliphatic rings. The Bertz CT molecular complexity index is 908. The lowest BCUT2D eigenvalue weighted by Crippen LogP contribution is -2.37. The zero-order valence-corrected chi connectivity index (χ0v) is 17.2. The maximum absolute atomic E-state index is 12.4. The Kier molecular flexibility index (Phi) is 7.96. The van der Waals surface area contributed by atoms with Crippen LogP contribution in [0.3, 0.4) is 0 Å². The van der Waals surface area contributed by atoms with E-state index in [0.717, 1.165) is 39.3 Å². The van der Waals surface area contributed by atoms with Crippen LogP contribution in [-0.4, -0.2) is 55.1 Å². The molecular formula is C22H23ClN2O5. The summed E-state index contributed by atoms with van der Waals surface area (Å²) in [4.78, 5) is 25.1. The van der Waals surface area contributed by atoms with Crippen LogP contribution in [0.4, 0.5) is 5.69 Å². The van der Waals surface area contributed by atoms with Crippen LogP contribution in [0, 0.1) is 10.1 Å². The number of nitro groups is 1. The van der Waals surface area contributed by atoms with Gasteiger partial charge in [0.1, 0.15) is 5.75 Å². The Labute approximate surface area is 180 Å². The quantitative estimate of drug-likeness (QED) is 0.194. The number of carbonyl (C=O) groups excluding carboxylic acids is 1. The number of ketones is 1. The Morgan fingerprint density at radius 1 is 1.20 bits per heavy atom. The first kappa shape index (κ1) is 22.0. The van der Waals surface area contributed by atoms with E-state index in [4.69, 9.17) is 21.1 Å². The molecule has 3 rings (SSSR count). The fraction of sp³-hybridized carbons (Fsp3) is 0.318. The number of carbonyl (C=O) groups is 1. The standard InChI is InChI=1S/C22H23ClN2O5/c23-21-8-5-19(25(27)28)16-18(21)4-9-22(26)17-2-6-20(7-3-17)30-13-1-10-24-11-14-29-15-12-24/h2-9,16H,1,10-15H2/b9-4+. The van der Waals surface area contributed by atoms with Crippen LogP contribution in [-0.2, 0) is 4.74 Å². The van der Waals surface area contributed by atoms with Gasteiger partial charge in [-0.3, -0.25) is 19.8 Å². The summed E-state index contributed by atoms with van der Waals surface area (Å²) < 4.78 is 11.1. The number of benzene rings is 2. The first-order chi connectivity index (χ1) is 14.5. The number of morpholine rings is 1. The third-order valence-corrected chi connectivity index (χ3v) is 5.08. The molecule has 2 aromatic carbocycles. The minimum atomic E-state index is -0.505. The molecule has 1 fully saturated rings. The second-order valence-electron chi connectivity index (χ2n) is 6.84. The molecule has 8 heteroatoms. The molecule has 0 radical (unpaired) electrons. The highest BCUT2D eigenvalue weighted by Gasteiger charge is 2.10. The summed E-state index contributed by atoms with van der Waals surface area (Å²) in [7, 11) is 0. The van der Waals surface area contributed by atoms with Crippen LogP contribution in [0.15, 0.2) is 48.5 Å². The number of non-ortho nitro benzene ring substituents is 1. The van der Waals surface area contributed by atoms with Gasteiger partial charge in [-0.1, -0.05) is 11.6 Å². The van der Waals surface area contributed by atoms with Crippen LogP contribution in [0.2, 0.25) is 5.02 Å². The Morgan fingerprint density at radius 2 is 1.93 bits per heavy atom. The summed E-state index contributed by atoms with van der Waals surface area (Å²) in [5.41, 5.74) is 0.828. The highest BCUT2D eigenvalue weighted by molar-refractivity contribution is 6.32. The molecule has 2 aromatic rings. The van der Waals surface area contributed by atoms with Crippen molar-refractivity contribution in [3.63, 3.8) is 0 Å². The summed E-state index contributed by atoms with van der Waals surface area (Å²) in [5.74, 6) is 0.482. The van der Waals surface area contributed by atoms with Crippen molar-refractivity contribution < 1.29 is 19.2 Å². The molecule has 0 aromatic heterocycles. The van der Waals surface area contributed by atoms with Crippen molar-refractivity contribution in [3.05, 3.63) is 74.8 Å². The molecule has 1 saturated heterocycles. The van der Waals surface area contributed by atoms with E-state index in [1.165, 1.54) is 30.4 Å². The van der Waals surface area contributed by atoms with E-state index in [-0.39, 0.29) is 11.5 Å². The van der Waals surface area contributed by atoms with Crippen molar-refractivity contribution in [1.29, 1.82) is 0 Å². The van der Waals surface area contributed by atoms with E-state index >= 15 is 0 Å². The number of hydrogen-bond donors (Lipinski definition) is 0. The molecule has 0 aliphatic carbocycles. The van der Waals surface area contributed by atoms with Gasteiger partial charge >= 0.3 is 0 Å². The third kappa shape index (κ3) is 6.38. The molecule has 0 spiro atoms. The van der Waals surface area contributed by atoms with Gasteiger partial charge in [0.2, 0.25) is 0 Å². The first-order valence-corrected chi connectivity index (χ1v) is 10.1. The molecule has 1 aliphatic heterocycles. The average Bonchev–Trinajstić information content (AvgIpc) is 2.77. The van der Waals surface area contributed by atoms with E-state index < -0.39 is 4.92 Å². The van der Waals surface area contributed by atoms with Crippen LogP contribution < -0.4 is 4.74 Å². The maximum atomic E-state index is 12.4. The molecule has 0 unspecified atom stereocenters. The number of halogens is 1. The summed E-state index contributed by atoms with van der Waals surface area (Å²) in [6.07, 6.45) is 3.75. The van der Waals surface area contributed by atoms with Crippen molar-refractivity contribution in [2.45, 2.75) is 6.42 Å². The van der Waals surface area contributed by atoms with Gasteiger partial charge in [-0.25, -0.2) is 0 Å². The highest BCUT2D eigenvalue weighted by Crippen LogP contribution is 2.23. The molecule has 7 nitrogen and oxygen atoms in total. The molecule has 1 heterocycles. The monoisotopic (exact) mass is 430 g/mol. The van der Waals surface area contributed by atoms with Crippen molar-refractivity contribution >= 4 is 29.1 Å². The Morgan fingerprint density at radius 3 is 2.63 bits per heavy atom. The van der Waals surface area contributed by atoms with Crippen LogP contribution in [0.25, 0.3) is 6.08 Å². The highest BCUT2D eigenvalue weighted by atomic mass is 35.5. The fourth-order valence-corrected chi connectivity index (χ4v) is 3.23. The van der Waals surface area contributed by atoms with Gasteiger partial charge < -0.3 is 9.47 Å². The molecule has 158 valence electrons. The molecule has 0 atom stereocenters. The lowest BCUT2D eigenvalue weighted by molar-refractivity contribution is -0.384. The van der Waals surface area contributed by atoms with E-state index in [1.54, 1.807) is 24.3 Å². The molecule has 0 amide bonds. The zero-order chi connectivity index (χ0) is 21.3. The van der Waals surface area contributed by atoms with Gasteiger partial charge in [0.25, 0.3) is 5.69 Å². The van der Waals surface area contributed by atoms with Crippen molar-refractivity contribution in [2.75, 3.05) is 39.5 Å². The molecule has 30 heavy (non-hydrogen) atoms. The molecule has 0 bridgehead atoms. The molecular weight excluding hydrogens is 408 g/mol. The maximum Gasteiger partial charge on any atom is 0.270 e. The number of nitrogens with zero attached hydrogens (tertiary/aromatic N) is 2. The van der Waals surface area contributed by atoms with Gasteiger partial charge in [-0.05, 0) is 54.5 Å². The summed E-state index contributed by atoms with van der Waals surface area (Å²) in [5, 5.41) is 11.2. The predicted molar refractivity (Wildman–Crippen MR) is 115 cm³/mol. The first-order valence-electron chi connectivity index (χ1n) is 9.72. The second-order valence-corrected chi connectivity index (χ2v) is 7.25. The number of nitro benzene ring substituents is 1. The minimum absolute atomic E-state index is 0.0818. The van der Waals surface area contributed by atoms with E-state index in [1.807, 2.05) is 0 Å². The zero-order valence-electron chi connectivity index (χ0n) is 16.5. The normalized spacial score (nSPS) is 14.7. The topological polar surface area (TPSA) is 81.9 Å². The predicted octanol–water partition coefficient (Wildman–Crippen LogP) is 4.25. The smallest absolute Gasteiger partial charge is 0.270 e. The lowest BCUT2D eigenvalue weighted by atomic mass is 10.1. The Hall–Kier alpha value is -2.74. The van der Waals surface area contributed by atoms with Gasteiger partial charge in [0.15, 0.2) is 5.78 Å². The van der Waals surface area contributed by atoms with Crippen LogP contribution in [0.5, 0.6) is 5.75 Å². The van der Waals surface area contributed by atoms with E-state index in [9.17, 15) is 14.9 Å². The van der Waals surface area contributed by atoms with Crippen LogP contribution in [0.1, 0.15) is 22.3 Å². The third-order valence-electron chi connectivity index (χ3n) is 4.73. The number of ether oxygens (including phenoxy) is 2. The molecule has 0 N–H and O–H groups in total. The van der Waals surface area contributed by atoms with Gasteiger partial charge in [0, 0.05) is 42.4 Å². The minimum Gasteiger partial charge on any atom is -0.494 e. The summed E-state index contributed by atoms with van der Waals surface area (Å²) in [6, 6.07) is 11.0. The van der Waals surface area contributed by atoms with Crippen molar-refractivity contribution in [3.8, 4) is 5.75 Å². The van der Waals surface area contributed by atoms with Crippen LogP contribution >= 0.6 is 11.6 Å². The van der Waals surface area contributed by atoms with Gasteiger partial charge in [0.05, 0.1) is 24.7 Å². The fourth-order valence-electron chi connectivity index (χ4n) is 3.05. The second kappa shape index (κ2) is 10.9. The largest absolute Gasteiger partial charge is 0.494 e. The average molecular weight is 431 g/mol. The number of hydrogen-bond acceptors (Lipinski definition) is 6. The lowest BCUT2D eigenvalue weighted by Gasteiger charge is -2.26. The SMILES string of the molecule is O=C(/C=C/c1cc([N+](=O)[O-])ccc1Cl)c1ccc(OCCCN2CCOCC2)cc1. The van der Waals surface area contributed by atoms with Gasteiger partial charge in [-0.15, -0.1) is 0 Å². The summed E-state index contributed by atoms with van der Waals surface area (Å²) >= 11 is 6.05. The van der Waals surface area contributed by atoms with Gasteiger partial charge in [-0.2, -0.15) is 0 Å².